The first-order valence-corrected chi connectivity index (χ1v) is 10.7. The van der Waals surface area contributed by atoms with Crippen molar-refractivity contribution in [3.8, 4) is 0 Å². The van der Waals surface area contributed by atoms with Crippen molar-refractivity contribution in [3.63, 3.8) is 0 Å². The standard InChI is InChI=1S/C25H32N2O2/c1-19-11-9-10-14-22(19)18-27(24(28)17-21-12-5-3-6-13-21)20(2)25(29)26-23-15-7-4-8-16-23/h3,5-6,9-14,20,23H,4,7-8,15-18H2,1-2H3,(H,26,29). The summed E-state index contributed by atoms with van der Waals surface area (Å²) in [5.41, 5.74) is 3.17. The first-order valence-electron chi connectivity index (χ1n) is 10.7. The molecule has 0 saturated heterocycles. The first kappa shape index (κ1) is 21.1. The van der Waals surface area contributed by atoms with Gasteiger partial charge in [0.2, 0.25) is 11.8 Å². The summed E-state index contributed by atoms with van der Waals surface area (Å²) >= 11 is 0. The third kappa shape index (κ3) is 5.93. The molecule has 0 bridgehead atoms. The number of carbonyl (C=O) groups excluding carboxylic acids is 2. The van der Waals surface area contributed by atoms with Crippen molar-refractivity contribution in [2.75, 3.05) is 0 Å². The van der Waals surface area contributed by atoms with Gasteiger partial charge in [-0.3, -0.25) is 9.59 Å². The van der Waals surface area contributed by atoms with Gasteiger partial charge < -0.3 is 10.2 Å². The number of hydrogen-bond donors (Lipinski definition) is 1. The number of rotatable bonds is 7. The van der Waals surface area contributed by atoms with Crippen molar-refractivity contribution >= 4 is 11.8 Å². The Balaban J connectivity index is 1.76. The Bertz CT molecular complexity index is 813. The van der Waals surface area contributed by atoms with Crippen molar-refractivity contribution in [1.82, 2.24) is 10.2 Å². The van der Waals surface area contributed by atoms with E-state index < -0.39 is 6.04 Å². The zero-order valence-electron chi connectivity index (χ0n) is 17.6. The number of amides is 2. The van der Waals surface area contributed by atoms with E-state index in [1.54, 1.807) is 4.90 Å². The normalized spacial score (nSPS) is 15.5. The van der Waals surface area contributed by atoms with Crippen LogP contribution in [0.4, 0.5) is 0 Å². The van der Waals surface area contributed by atoms with Crippen molar-refractivity contribution in [1.29, 1.82) is 0 Å². The summed E-state index contributed by atoms with van der Waals surface area (Å²) in [7, 11) is 0. The van der Waals surface area contributed by atoms with E-state index in [0.717, 1.165) is 29.5 Å². The van der Waals surface area contributed by atoms with Crippen LogP contribution in [-0.4, -0.2) is 28.8 Å². The molecule has 1 aliphatic carbocycles. The fourth-order valence-electron chi connectivity index (χ4n) is 3.99. The third-order valence-corrected chi connectivity index (χ3v) is 5.92. The Morgan fingerprint density at radius 1 is 1.00 bits per heavy atom. The fraction of sp³-hybridized carbons (Fsp3) is 0.440. The Hall–Kier alpha value is -2.62. The second kappa shape index (κ2) is 10.2. The molecule has 0 radical (unpaired) electrons. The van der Waals surface area contributed by atoms with Gasteiger partial charge in [0.15, 0.2) is 0 Å². The van der Waals surface area contributed by atoms with Crippen LogP contribution in [0.1, 0.15) is 55.7 Å². The maximum Gasteiger partial charge on any atom is 0.242 e. The average molecular weight is 393 g/mol. The number of benzene rings is 2. The summed E-state index contributed by atoms with van der Waals surface area (Å²) in [6, 6.07) is 17.5. The smallest absolute Gasteiger partial charge is 0.242 e. The van der Waals surface area contributed by atoms with Crippen molar-refractivity contribution in [2.45, 2.75) is 71.0 Å². The Kier molecular flexibility index (Phi) is 7.45. The summed E-state index contributed by atoms with van der Waals surface area (Å²) in [6.45, 7) is 4.33. The Morgan fingerprint density at radius 3 is 2.34 bits per heavy atom. The molecule has 1 N–H and O–H groups in total. The van der Waals surface area contributed by atoms with Gasteiger partial charge in [-0.05, 0) is 43.4 Å². The van der Waals surface area contributed by atoms with Crippen LogP contribution in [0.15, 0.2) is 54.6 Å². The van der Waals surface area contributed by atoms with Gasteiger partial charge in [-0.15, -0.1) is 0 Å². The van der Waals surface area contributed by atoms with E-state index in [-0.39, 0.29) is 17.9 Å². The van der Waals surface area contributed by atoms with Crippen LogP contribution in [0, 0.1) is 6.92 Å². The number of carbonyl (C=O) groups is 2. The minimum Gasteiger partial charge on any atom is -0.352 e. The summed E-state index contributed by atoms with van der Waals surface area (Å²) < 4.78 is 0. The molecule has 29 heavy (non-hydrogen) atoms. The van der Waals surface area contributed by atoms with Crippen LogP contribution in [0.3, 0.4) is 0 Å². The zero-order chi connectivity index (χ0) is 20.6. The van der Waals surface area contributed by atoms with E-state index in [1.165, 1.54) is 19.3 Å². The fourth-order valence-corrected chi connectivity index (χ4v) is 3.99. The van der Waals surface area contributed by atoms with E-state index in [9.17, 15) is 9.59 Å². The Labute approximate surface area is 174 Å². The third-order valence-electron chi connectivity index (χ3n) is 5.92. The van der Waals surface area contributed by atoms with E-state index in [2.05, 4.69) is 5.32 Å². The Morgan fingerprint density at radius 2 is 1.66 bits per heavy atom. The molecule has 1 fully saturated rings. The lowest BCUT2D eigenvalue weighted by Gasteiger charge is -2.31. The van der Waals surface area contributed by atoms with Crippen LogP contribution in [0.2, 0.25) is 0 Å². The van der Waals surface area contributed by atoms with Crippen molar-refractivity contribution in [3.05, 3.63) is 71.3 Å². The minimum atomic E-state index is -0.507. The molecule has 4 heteroatoms. The molecular weight excluding hydrogens is 360 g/mol. The molecule has 2 amide bonds. The van der Waals surface area contributed by atoms with Crippen molar-refractivity contribution in [2.24, 2.45) is 0 Å². The van der Waals surface area contributed by atoms with E-state index in [1.807, 2.05) is 68.4 Å². The molecule has 154 valence electrons. The molecule has 1 saturated carbocycles. The van der Waals surface area contributed by atoms with Crippen LogP contribution < -0.4 is 5.32 Å². The predicted octanol–water partition coefficient (Wildman–Crippen LogP) is 4.40. The number of nitrogens with zero attached hydrogens (tertiary/aromatic N) is 1. The second-order valence-corrected chi connectivity index (χ2v) is 8.13. The predicted molar refractivity (Wildman–Crippen MR) is 116 cm³/mol. The molecular formula is C25H32N2O2. The number of nitrogens with one attached hydrogen (secondary N) is 1. The van der Waals surface area contributed by atoms with Gasteiger partial charge in [0.25, 0.3) is 0 Å². The van der Waals surface area contributed by atoms with Gasteiger partial charge in [0.05, 0.1) is 6.42 Å². The molecule has 3 rings (SSSR count). The van der Waals surface area contributed by atoms with E-state index in [0.29, 0.717) is 13.0 Å². The highest BCUT2D eigenvalue weighted by molar-refractivity contribution is 5.88. The second-order valence-electron chi connectivity index (χ2n) is 8.13. The lowest BCUT2D eigenvalue weighted by Crippen LogP contribution is -2.50. The van der Waals surface area contributed by atoms with Gasteiger partial charge >= 0.3 is 0 Å². The molecule has 0 aliphatic heterocycles. The highest BCUT2D eigenvalue weighted by Gasteiger charge is 2.28. The zero-order valence-corrected chi connectivity index (χ0v) is 17.6. The maximum atomic E-state index is 13.2. The van der Waals surface area contributed by atoms with Crippen LogP contribution >= 0.6 is 0 Å². The van der Waals surface area contributed by atoms with Crippen LogP contribution in [-0.2, 0) is 22.6 Å². The average Bonchev–Trinajstić information content (AvgIpc) is 2.74. The minimum absolute atomic E-state index is 0.0225. The van der Waals surface area contributed by atoms with E-state index in [4.69, 9.17) is 0 Å². The molecule has 0 spiro atoms. The summed E-state index contributed by atoms with van der Waals surface area (Å²) in [5.74, 6) is -0.0716. The lowest BCUT2D eigenvalue weighted by molar-refractivity contribution is -0.140. The molecule has 0 heterocycles. The van der Waals surface area contributed by atoms with Gasteiger partial charge in [-0.1, -0.05) is 73.9 Å². The van der Waals surface area contributed by atoms with Crippen LogP contribution in [0.5, 0.6) is 0 Å². The number of hydrogen-bond acceptors (Lipinski definition) is 2. The van der Waals surface area contributed by atoms with Gasteiger partial charge in [-0.2, -0.15) is 0 Å². The van der Waals surface area contributed by atoms with Gasteiger partial charge in [0, 0.05) is 12.6 Å². The molecule has 1 aliphatic rings. The maximum absolute atomic E-state index is 13.2. The molecule has 1 atom stereocenters. The monoisotopic (exact) mass is 392 g/mol. The summed E-state index contributed by atoms with van der Waals surface area (Å²) in [4.78, 5) is 27.9. The van der Waals surface area contributed by atoms with Crippen molar-refractivity contribution < 1.29 is 9.59 Å². The molecule has 2 aromatic rings. The molecule has 2 aromatic carbocycles. The van der Waals surface area contributed by atoms with Gasteiger partial charge in [0.1, 0.15) is 6.04 Å². The quantitative estimate of drug-likeness (QED) is 0.759. The largest absolute Gasteiger partial charge is 0.352 e. The summed E-state index contributed by atoms with van der Waals surface area (Å²) in [5, 5.41) is 3.19. The molecule has 1 unspecified atom stereocenters. The van der Waals surface area contributed by atoms with Crippen LogP contribution in [0.25, 0.3) is 0 Å². The molecule has 0 aromatic heterocycles. The molecule has 4 nitrogen and oxygen atoms in total. The highest BCUT2D eigenvalue weighted by Crippen LogP contribution is 2.19. The lowest BCUT2D eigenvalue weighted by atomic mass is 9.95. The number of aryl methyl sites for hydroxylation is 1. The topological polar surface area (TPSA) is 49.4 Å². The van der Waals surface area contributed by atoms with Gasteiger partial charge in [-0.25, -0.2) is 0 Å². The SMILES string of the molecule is Cc1ccccc1CN(C(=O)Cc1ccccc1)C(C)C(=O)NC1CCCCC1. The first-order chi connectivity index (χ1) is 14.0. The highest BCUT2D eigenvalue weighted by atomic mass is 16.2. The summed E-state index contributed by atoms with van der Waals surface area (Å²) in [6.07, 6.45) is 5.95. The van der Waals surface area contributed by atoms with E-state index >= 15 is 0 Å².